The van der Waals surface area contributed by atoms with Gasteiger partial charge in [-0.1, -0.05) is 59.6 Å². The molecule has 1 N–H and O–H groups in total. The second-order valence-corrected chi connectivity index (χ2v) is 9.31. The predicted octanol–water partition coefficient (Wildman–Crippen LogP) is 7.04. The highest BCUT2D eigenvalue weighted by molar-refractivity contribution is 9.10. The third-order valence-corrected chi connectivity index (χ3v) is 6.74. The lowest BCUT2D eigenvalue weighted by Crippen LogP contribution is -2.22. The monoisotopic (exact) mass is 536 g/mol. The summed E-state index contributed by atoms with van der Waals surface area (Å²) in [5.41, 5.74) is 5.91. The second kappa shape index (κ2) is 9.95. The number of rotatable bonds is 5. The highest BCUT2D eigenvalue weighted by Crippen LogP contribution is 2.31. The standard InChI is InChI=1S/C27H22BrClN2O3/c1-15-8-10-18(11-9-15)26-17(3)25(19-6-4-5-7-22(19)31-26)27(33)34-14-24(32)30-23-13-21(29)20(28)12-16(23)2/h4-13H,14H2,1-3H3,(H,30,32). The number of benzene rings is 3. The van der Waals surface area contributed by atoms with E-state index in [2.05, 4.69) is 21.2 Å². The molecule has 0 saturated carbocycles. The summed E-state index contributed by atoms with van der Waals surface area (Å²) in [4.78, 5) is 30.5. The molecule has 5 nitrogen and oxygen atoms in total. The quantitative estimate of drug-likeness (QED) is 0.277. The van der Waals surface area contributed by atoms with Gasteiger partial charge in [0.15, 0.2) is 6.61 Å². The van der Waals surface area contributed by atoms with Gasteiger partial charge in [-0.3, -0.25) is 4.79 Å². The summed E-state index contributed by atoms with van der Waals surface area (Å²) in [6.07, 6.45) is 0. The first-order chi connectivity index (χ1) is 16.2. The van der Waals surface area contributed by atoms with Crippen LogP contribution < -0.4 is 5.32 Å². The number of nitrogens with one attached hydrogen (secondary N) is 1. The normalized spacial score (nSPS) is 10.9. The number of para-hydroxylation sites is 1. The number of nitrogens with zero attached hydrogens (tertiary/aromatic N) is 1. The van der Waals surface area contributed by atoms with Crippen molar-refractivity contribution in [2.24, 2.45) is 0 Å². The fourth-order valence-corrected chi connectivity index (χ4v) is 4.35. The first-order valence-corrected chi connectivity index (χ1v) is 11.8. The average molecular weight is 538 g/mol. The van der Waals surface area contributed by atoms with Crippen molar-refractivity contribution in [1.82, 2.24) is 4.98 Å². The maximum Gasteiger partial charge on any atom is 0.339 e. The molecule has 0 unspecified atom stereocenters. The zero-order valence-corrected chi connectivity index (χ0v) is 21.3. The van der Waals surface area contributed by atoms with Crippen LogP contribution in [0.3, 0.4) is 0 Å². The molecule has 0 fully saturated rings. The van der Waals surface area contributed by atoms with Gasteiger partial charge >= 0.3 is 5.97 Å². The fourth-order valence-electron chi connectivity index (χ4n) is 3.73. The van der Waals surface area contributed by atoms with Gasteiger partial charge < -0.3 is 10.1 Å². The van der Waals surface area contributed by atoms with Crippen molar-refractivity contribution in [2.75, 3.05) is 11.9 Å². The number of anilines is 1. The Morgan fingerprint density at radius 3 is 2.47 bits per heavy atom. The molecule has 0 saturated heterocycles. The lowest BCUT2D eigenvalue weighted by molar-refractivity contribution is -0.119. The van der Waals surface area contributed by atoms with Crippen molar-refractivity contribution < 1.29 is 14.3 Å². The lowest BCUT2D eigenvalue weighted by Gasteiger charge is -2.15. The van der Waals surface area contributed by atoms with Crippen molar-refractivity contribution in [3.63, 3.8) is 0 Å². The van der Waals surface area contributed by atoms with Gasteiger partial charge in [-0.15, -0.1) is 0 Å². The highest BCUT2D eigenvalue weighted by atomic mass is 79.9. The molecule has 1 heterocycles. The second-order valence-electron chi connectivity index (χ2n) is 8.05. The molecular formula is C27H22BrClN2O3. The Balaban J connectivity index is 1.61. The Morgan fingerprint density at radius 1 is 1.03 bits per heavy atom. The molecule has 0 aliphatic rings. The van der Waals surface area contributed by atoms with Gasteiger partial charge in [-0.25, -0.2) is 9.78 Å². The number of hydrogen-bond acceptors (Lipinski definition) is 4. The van der Waals surface area contributed by atoms with E-state index in [1.54, 1.807) is 6.07 Å². The van der Waals surface area contributed by atoms with E-state index in [1.165, 1.54) is 0 Å². The number of amides is 1. The Morgan fingerprint density at radius 2 is 1.74 bits per heavy atom. The first-order valence-electron chi connectivity index (χ1n) is 10.6. The van der Waals surface area contributed by atoms with Gasteiger partial charge in [0.25, 0.3) is 5.91 Å². The number of aromatic nitrogens is 1. The van der Waals surface area contributed by atoms with Crippen LogP contribution >= 0.6 is 27.5 Å². The topological polar surface area (TPSA) is 68.3 Å². The highest BCUT2D eigenvalue weighted by Gasteiger charge is 2.21. The molecule has 0 aliphatic heterocycles. The molecule has 4 aromatic rings. The summed E-state index contributed by atoms with van der Waals surface area (Å²) >= 11 is 9.49. The van der Waals surface area contributed by atoms with Crippen molar-refractivity contribution in [3.05, 3.63) is 92.4 Å². The van der Waals surface area contributed by atoms with Crippen molar-refractivity contribution in [3.8, 4) is 11.3 Å². The predicted molar refractivity (Wildman–Crippen MR) is 139 cm³/mol. The van der Waals surface area contributed by atoms with Crippen molar-refractivity contribution in [1.29, 1.82) is 0 Å². The van der Waals surface area contributed by atoms with E-state index in [0.29, 0.717) is 38.4 Å². The van der Waals surface area contributed by atoms with Gasteiger partial charge in [0.05, 0.1) is 21.8 Å². The number of esters is 1. The smallest absolute Gasteiger partial charge is 0.339 e. The van der Waals surface area contributed by atoms with E-state index in [1.807, 2.05) is 75.4 Å². The van der Waals surface area contributed by atoms with E-state index in [4.69, 9.17) is 21.3 Å². The van der Waals surface area contributed by atoms with Gasteiger partial charge in [0.2, 0.25) is 0 Å². The molecule has 34 heavy (non-hydrogen) atoms. The molecule has 3 aromatic carbocycles. The van der Waals surface area contributed by atoms with Gasteiger partial charge in [-0.2, -0.15) is 0 Å². The number of fused-ring (bicyclic) bond motifs is 1. The van der Waals surface area contributed by atoms with Crippen molar-refractivity contribution in [2.45, 2.75) is 20.8 Å². The Kier molecular flexibility index (Phi) is 7.00. The number of halogens is 2. The zero-order chi connectivity index (χ0) is 24.4. The number of carbonyl (C=O) groups excluding carboxylic acids is 2. The molecule has 172 valence electrons. The summed E-state index contributed by atoms with van der Waals surface area (Å²) in [6, 6.07) is 18.8. The molecule has 1 aromatic heterocycles. The molecule has 0 radical (unpaired) electrons. The third-order valence-electron chi connectivity index (χ3n) is 5.54. The Hall–Kier alpha value is -3.22. The van der Waals surface area contributed by atoms with E-state index in [9.17, 15) is 9.59 Å². The maximum absolute atomic E-state index is 13.2. The minimum Gasteiger partial charge on any atom is -0.452 e. The van der Waals surface area contributed by atoms with Crippen LogP contribution in [0.5, 0.6) is 0 Å². The van der Waals surface area contributed by atoms with Crippen LogP contribution in [0.2, 0.25) is 5.02 Å². The molecule has 0 spiro atoms. The third kappa shape index (κ3) is 4.98. The van der Waals surface area contributed by atoms with Crippen LogP contribution in [0.15, 0.2) is 65.1 Å². The van der Waals surface area contributed by atoms with Crippen molar-refractivity contribution >= 4 is 56.0 Å². The Bertz CT molecular complexity index is 1420. The molecular weight excluding hydrogens is 516 g/mol. The average Bonchev–Trinajstić information content (AvgIpc) is 2.81. The van der Waals surface area contributed by atoms with Gasteiger partial charge in [0, 0.05) is 21.1 Å². The number of aryl methyl sites for hydroxylation is 2. The number of pyridine rings is 1. The number of ether oxygens (including phenoxy) is 1. The first kappa shape index (κ1) is 23.9. The molecule has 0 atom stereocenters. The molecule has 7 heteroatoms. The van der Waals surface area contributed by atoms with E-state index >= 15 is 0 Å². The molecule has 1 amide bonds. The largest absolute Gasteiger partial charge is 0.452 e. The summed E-state index contributed by atoms with van der Waals surface area (Å²) in [5, 5.41) is 3.90. The zero-order valence-electron chi connectivity index (χ0n) is 18.9. The molecule has 0 bridgehead atoms. The van der Waals surface area contributed by atoms with E-state index < -0.39 is 18.5 Å². The van der Waals surface area contributed by atoms with Crippen LogP contribution in [0.4, 0.5) is 5.69 Å². The fraction of sp³-hybridized carbons (Fsp3) is 0.148. The number of hydrogen-bond donors (Lipinski definition) is 1. The summed E-state index contributed by atoms with van der Waals surface area (Å²) in [7, 11) is 0. The minimum absolute atomic E-state index is 0.400. The van der Waals surface area contributed by atoms with Crippen LogP contribution in [0.1, 0.15) is 27.0 Å². The van der Waals surface area contributed by atoms with Crippen LogP contribution in [0, 0.1) is 20.8 Å². The number of carbonyl (C=O) groups is 2. The summed E-state index contributed by atoms with van der Waals surface area (Å²) in [5.74, 6) is -1.03. The lowest BCUT2D eigenvalue weighted by atomic mass is 9.97. The van der Waals surface area contributed by atoms with Gasteiger partial charge in [-0.05, 0) is 66.0 Å². The van der Waals surface area contributed by atoms with Crippen LogP contribution in [-0.4, -0.2) is 23.5 Å². The Labute approximate surface area is 211 Å². The van der Waals surface area contributed by atoms with E-state index in [-0.39, 0.29) is 0 Å². The molecule has 4 rings (SSSR count). The molecule has 0 aliphatic carbocycles. The summed E-state index contributed by atoms with van der Waals surface area (Å²) in [6.45, 7) is 5.28. The van der Waals surface area contributed by atoms with E-state index in [0.717, 1.165) is 21.2 Å². The van der Waals surface area contributed by atoms with Crippen LogP contribution in [0.25, 0.3) is 22.2 Å². The maximum atomic E-state index is 13.2. The SMILES string of the molecule is Cc1ccc(-c2nc3ccccc3c(C(=O)OCC(=O)Nc3cc(Cl)c(Br)cc3C)c2C)cc1. The summed E-state index contributed by atoms with van der Waals surface area (Å²) < 4.78 is 6.17. The minimum atomic E-state index is -0.579. The van der Waals surface area contributed by atoms with Crippen LogP contribution in [-0.2, 0) is 9.53 Å². The van der Waals surface area contributed by atoms with Gasteiger partial charge in [0.1, 0.15) is 0 Å².